The van der Waals surface area contributed by atoms with Crippen molar-refractivity contribution in [2.24, 2.45) is 17.2 Å². The number of unbranched alkanes of at least 4 members (excludes halogenated alkanes) is 1. The second-order valence-electron chi connectivity index (χ2n) is 12.6. The number of carbonyl (C=O) groups is 9. The van der Waals surface area contributed by atoms with Gasteiger partial charge in [-0.2, -0.15) is 0 Å². The normalized spacial score (nSPS) is 26.2. The highest BCUT2D eigenvalue weighted by Gasteiger charge is 2.36. The van der Waals surface area contributed by atoms with E-state index in [1.165, 1.54) is 13.8 Å². The van der Waals surface area contributed by atoms with Crippen LogP contribution in [-0.2, 0) is 43.2 Å². The highest BCUT2D eigenvalue weighted by molar-refractivity contribution is 8.76. The number of carboxylic acid groups (broad SMARTS) is 1. The Morgan fingerprint density at radius 1 is 0.815 bits per heavy atom. The largest absolute Gasteiger partial charge is 0.480 e. The molecule has 306 valence electrons. The van der Waals surface area contributed by atoms with Crippen LogP contribution in [-0.4, -0.2) is 147 Å². The van der Waals surface area contributed by atoms with E-state index in [1.807, 2.05) is 0 Å². The topological polar surface area (TPSA) is 377 Å². The molecule has 0 aromatic heterocycles. The van der Waals surface area contributed by atoms with E-state index in [2.05, 4.69) is 37.2 Å². The fraction of sp³-hybridized carbons (Fsp3) is 0.700. The highest BCUT2D eigenvalue weighted by atomic mass is 33.1. The maximum atomic E-state index is 13.6. The summed E-state index contributed by atoms with van der Waals surface area (Å²) in [6.45, 7) is 5.00. The number of nitrogens with two attached hydrogens (primary N) is 3. The first-order chi connectivity index (χ1) is 25.2. The standard InChI is InChI=1S/C30H52N10O12S2/c1-12-23(44)39-22(15(4)42)29(50)38-18(26(47)35-13(2)30(51)52)10-53-54-11-19(37-24(45)16(32)7-5-6-8-31)27(48)36-17(9-20(33)43)25(46)40-21(14(3)41)28(49)34-12/h12-19,21-22,41-42H,5-11,31-32H2,1-4H3,(H2,33,43)(H,34,49)(H,35,47)(H,36,48)(H,37,45)(H,38,50)(H,39,44)(H,40,46)(H,51,52)/t12-,13-,14+,15+,16-,17-,18?,19?,21?,22-/m0/s1. The van der Waals surface area contributed by atoms with Crippen molar-refractivity contribution in [3.8, 4) is 0 Å². The number of aliphatic hydroxyl groups excluding tert-OH is 2. The first-order valence-electron chi connectivity index (χ1n) is 16.9. The van der Waals surface area contributed by atoms with Crippen LogP contribution in [0.3, 0.4) is 0 Å². The van der Waals surface area contributed by atoms with Crippen molar-refractivity contribution in [1.29, 1.82) is 0 Å². The summed E-state index contributed by atoms with van der Waals surface area (Å²) in [6, 6.07) is -12.0. The first-order valence-corrected chi connectivity index (χ1v) is 19.4. The third kappa shape index (κ3) is 16.4. The van der Waals surface area contributed by atoms with Crippen molar-refractivity contribution in [1.82, 2.24) is 37.2 Å². The van der Waals surface area contributed by atoms with Gasteiger partial charge in [0.1, 0.15) is 42.3 Å². The molecule has 0 radical (unpaired) electrons. The summed E-state index contributed by atoms with van der Waals surface area (Å²) in [5.41, 5.74) is 16.8. The van der Waals surface area contributed by atoms with E-state index in [-0.39, 0.29) is 17.9 Å². The van der Waals surface area contributed by atoms with E-state index < -0.39 is 120 Å². The van der Waals surface area contributed by atoms with E-state index in [1.54, 1.807) is 0 Å². The molecule has 1 aliphatic heterocycles. The Balaban J connectivity index is 3.64. The molecular formula is C30H52N10O12S2. The van der Waals surface area contributed by atoms with Gasteiger partial charge in [-0.05, 0) is 47.1 Å². The summed E-state index contributed by atoms with van der Waals surface area (Å²) in [6.07, 6.45) is -2.65. The Kier molecular flexibility index (Phi) is 20.8. The van der Waals surface area contributed by atoms with Crippen LogP contribution in [0.25, 0.3) is 0 Å². The monoisotopic (exact) mass is 808 g/mol. The predicted molar refractivity (Wildman–Crippen MR) is 195 cm³/mol. The third-order valence-corrected chi connectivity index (χ3v) is 10.2. The molecule has 1 rings (SSSR count). The van der Waals surface area contributed by atoms with E-state index in [0.29, 0.717) is 19.4 Å². The summed E-state index contributed by atoms with van der Waals surface area (Å²) in [5.74, 6) is -10.0. The fourth-order valence-corrected chi connectivity index (χ4v) is 6.88. The van der Waals surface area contributed by atoms with E-state index in [0.717, 1.165) is 35.4 Å². The number of nitrogens with one attached hydrogen (secondary N) is 7. The van der Waals surface area contributed by atoms with Crippen LogP contribution in [0.2, 0.25) is 0 Å². The highest BCUT2D eigenvalue weighted by Crippen LogP contribution is 2.24. The van der Waals surface area contributed by atoms with Gasteiger partial charge in [0.15, 0.2) is 0 Å². The Morgan fingerprint density at radius 2 is 1.37 bits per heavy atom. The molecule has 3 unspecified atom stereocenters. The molecule has 0 aromatic carbocycles. The van der Waals surface area contributed by atoms with Gasteiger partial charge >= 0.3 is 5.97 Å². The zero-order chi connectivity index (χ0) is 41.3. The molecule has 1 heterocycles. The minimum Gasteiger partial charge on any atom is -0.480 e. The molecule has 1 saturated heterocycles. The maximum Gasteiger partial charge on any atom is 0.325 e. The average molecular weight is 809 g/mol. The number of aliphatic hydroxyl groups is 2. The molecule has 10 atom stereocenters. The molecule has 16 N–H and O–H groups in total. The molecule has 0 aliphatic carbocycles. The summed E-state index contributed by atoms with van der Waals surface area (Å²) in [5, 5.41) is 46.1. The van der Waals surface area contributed by atoms with Gasteiger partial charge in [-0.3, -0.25) is 43.2 Å². The number of hydrogen-bond acceptors (Lipinski definition) is 15. The minimum absolute atomic E-state index is 0.215. The van der Waals surface area contributed by atoms with E-state index in [9.17, 15) is 58.5 Å². The maximum absolute atomic E-state index is 13.6. The number of primary amides is 1. The lowest BCUT2D eigenvalue weighted by Gasteiger charge is -2.28. The zero-order valence-electron chi connectivity index (χ0n) is 30.3. The minimum atomic E-state index is -1.76. The number of carboxylic acids is 1. The van der Waals surface area contributed by atoms with Gasteiger partial charge in [0.05, 0.1) is 24.7 Å². The van der Waals surface area contributed by atoms with Crippen molar-refractivity contribution < 1.29 is 58.5 Å². The quantitative estimate of drug-likeness (QED) is 0.0608. The van der Waals surface area contributed by atoms with Gasteiger partial charge in [0, 0.05) is 11.5 Å². The van der Waals surface area contributed by atoms with Gasteiger partial charge < -0.3 is 69.7 Å². The molecule has 54 heavy (non-hydrogen) atoms. The van der Waals surface area contributed by atoms with Crippen LogP contribution in [0.4, 0.5) is 0 Å². The lowest BCUT2D eigenvalue weighted by molar-refractivity contribution is -0.141. The van der Waals surface area contributed by atoms with Crippen LogP contribution in [0.1, 0.15) is 53.4 Å². The second-order valence-corrected chi connectivity index (χ2v) is 15.1. The lowest BCUT2D eigenvalue weighted by Crippen LogP contribution is -2.62. The van der Waals surface area contributed by atoms with E-state index >= 15 is 0 Å². The van der Waals surface area contributed by atoms with Crippen LogP contribution in [0, 0.1) is 0 Å². The van der Waals surface area contributed by atoms with Crippen molar-refractivity contribution in [2.45, 2.75) is 114 Å². The van der Waals surface area contributed by atoms with Crippen molar-refractivity contribution in [3.05, 3.63) is 0 Å². The number of carbonyl (C=O) groups excluding carboxylic acids is 8. The summed E-state index contributed by atoms with van der Waals surface area (Å²) < 4.78 is 0. The van der Waals surface area contributed by atoms with Crippen LogP contribution < -0.4 is 54.4 Å². The Hall–Kier alpha value is -4.23. The summed E-state index contributed by atoms with van der Waals surface area (Å²) >= 11 is 0. The molecule has 22 nitrogen and oxygen atoms in total. The molecule has 0 aromatic rings. The first kappa shape index (κ1) is 47.8. The van der Waals surface area contributed by atoms with Gasteiger partial charge in [0.25, 0.3) is 0 Å². The van der Waals surface area contributed by atoms with Gasteiger partial charge in [-0.1, -0.05) is 28.0 Å². The number of rotatable bonds is 13. The lowest BCUT2D eigenvalue weighted by atomic mass is 10.1. The zero-order valence-corrected chi connectivity index (χ0v) is 31.9. The van der Waals surface area contributed by atoms with Crippen molar-refractivity contribution in [2.75, 3.05) is 18.1 Å². The van der Waals surface area contributed by atoms with Gasteiger partial charge in [0.2, 0.25) is 47.3 Å². The van der Waals surface area contributed by atoms with Gasteiger partial charge in [-0.25, -0.2) is 0 Å². The summed E-state index contributed by atoms with van der Waals surface area (Å²) in [4.78, 5) is 116. The van der Waals surface area contributed by atoms with Crippen LogP contribution in [0.15, 0.2) is 0 Å². The third-order valence-electron chi connectivity index (χ3n) is 7.77. The molecule has 1 aliphatic rings. The molecule has 0 spiro atoms. The number of amides is 8. The van der Waals surface area contributed by atoms with Crippen LogP contribution in [0.5, 0.6) is 0 Å². The Bertz CT molecular complexity index is 1370. The van der Waals surface area contributed by atoms with Crippen molar-refractivity contribution in [3.63, 3.8) is 0 Å². The molecule has 24 heteroatoms. The Morgan fingerprint density at radius 3 is 1.91 bits per heavy atom. The predicted octanol–water partition coefficient (Wildman–Crippen LogP) is -6.01. The molecule has 0 bridgehead atoms. The van der Waals surface area contributed by atoms with E-state index in [4.69, 9.17) is 17.2 Å². The second kappa shape index (κ2) is 23.5. The van der Waals surface area contributed by atoms with Gasteiger partial charge in [-0.15, -0.1) is 0 Å². The van der Waals surface area contributed by atoms with Crippen molar-refractivity contribution >= 4 is 74.8 Å². The SMILES string of the molecule is C[C@H](NC(=O)C1CSSCC(NC(=O)[C@@H](N)CCCCN)C(=O)N[C@@H](CC(N)=O)C(=O)NC([C@@H](C)O)C(=O)N[C@@H](C)C(=O)N[C@@H]([C@@H](C)O)C(=O)N1)C(=O)O. The average Bonchev–Trinajstić information content (AvgIpc) is 3.08. The fourth-order valence-electron chi connectivity index (χ4n) is 4.55. The summed E-state index contributed by atoms with van der Waals surface area (Å²) in [7, 11) is 1.80. The Labute approximate surface area is 319 Å². The smallest absolute Gasteiger partial charge is 0.325 e. The molecule has 0 saturated carbocycles. The number of hydrogen-bond donors (Lipinski definition) is 13. The molecular weight excluding hydrogens is 757 g/mol. The molecule has 8 amide bonds. The molecule has 1 fully saturated rings. The van der Waals surface area contributed by atoms with Crippen LogP contribution >= 0.6 is 21.6 Å². The number of aliphatic carboxylic acids is 1.